The van der Waals surface area contributed by atoms with Crippen molar-refractivity contribution < 1.29 is 17.9 Å². The molecule has 1 unspecified atom stereocenters. The summed E-state index contributed by atoms with van der Waals surface area (Å²) in [5.41, 5.74) is 4.79. The summed E-state index contributed by atoms with van der Waals surface area (Å²) in [4.78, 5) is 16.6. The van der Waals surface area contributed by atoms with Gasteiger partial charge in [-0.15, -0.1) is 22.7 Å². The van der Waals surface area contributed by atoms with Crippen molar-refractivity contribution in [2.75, 3.05) is 5.75 Å². The number of hydrogen-bond acceptors (Lipinski definition) is 7. The lowest BCUT2D eigenvalue weighted by Gasteiger charge is -2.42. The zero-order valence-electron chi connectivity index (χ0n) is 20.0. The molecule has 34 heavy (non-hydrogen) atoms. The van der Waals surface area contributed by atoms with Crippen molar-refractivity contribution in [2.24, 2.45) is 5.92 Å². The second-order valence-electron chi connectivity index (χ2n) is 10.1. The van der Waals surface area contributed by atoms with Gasteiger partial charge in [-0.25, -0.2) is 13.4 Å². The minimum Gasteiger partial charge on any atom is -0.437 e. The number of thiophene rings is 1. The van der Waals surface area contributed by atoms with E-state index in [1.54, 1.807) is 11.3 Å². The molecule has 0 N–H and O–H groups in total. The molecule has 3 aromatic rings. The Bertz CT molecular complexity index is 1240. The Labute approximate surface area is 211 Å². The van der Waals surface area contributed by atoms with Gasteiger partial charge in [0.1, 0.15) is 0 Å². The minimum absolute atomic E-state index is 0.0410. The molecule has 3 heterocycles. The molecule has 0 radical (unpaired) electrons. The molecule has 1 aliphatic heterocycles. The molecule has 182 valence electrons. The summed E-state index contributed by atoms with van der Waals surface area (Å²) in [5.74, 6) is -0.745. The van der Waals surface area contributed by atoms with E-state index >= 15 is 0 Å². The highest BCUT2D eigenvalue weighted by atomic mass is 32.2. The maximum absolute atomic E-state index is 13.6. The number of rotatable bonds is 7. The lowest BCUT2D eigenvalue weighted by molar-refractivity contribution is -0.154. The van der Waals surface area contributed by atoms with Crippen LogP contribution >= 0.6 is 22.7 Å². The van der Waals surface area contributed by atoms with E-state index in [1.165, 1.54) is 18.3 Å². The Morgan fingerprint density at radius 1 is 1.15 bits per heavy atom. The van der Waals surface area contributed by atoms with E-state index in [-0.39, 0.29) is 11.7 Å². The highest BCUT2D eigenvalue weighted by Crippen LogP contribution is 2.51. The molecule has 5 nitrogen and oxygen atoms in total. The summed E-state index contributed by atoms with van der Waals surface area (Å²) < 4.78 is 33.1. The van der Waals surface area contributed by atoms with Crippen molar-refractivity contribution in [3.63, 3.8) is 0 Å². The maximum Gasteiger partial charge on any atom is 0.304 e. The van der Waals surface area contributed by atoms with Crippen molar-refractivity contribution in [3.8, 4) is 21.7 Å². The van der Waals surface area contributed by atoms with Crippen molar-refractivity contribution >= 4 is 46.6 Å². The Kier molecular flexibility index (Phi) is 7.20. The number of benzene rings is 1. The van der Waals surface area contributed by atoms with E-state index in [2.05, 4.69) is 24.6 Å². The molecule has 0 aliphatic carbocycles. The largest absolute Gasteiger partial charge is 0.437 e. The van der Waals surface area contributed by atoms with Gasteiger partial charge in [-0.2, -0.15) is 0 Å². The van der Waals surface area contributed by atoms with Crippen LogP contribution < -0.4 is 0 Å². The summed E-state index contributed by atoms with van der Waals surface area (Å²) in [6.07, 6.45) is 2.10. The normalized spacial score (nSPS) is 22.4. The number of aromatic nitrogens is 1. The Morgan fingerprint density at radius 2 is 1.85 bits per heavy atom. The van der Waals surface area contributed by atoms with Gasteiger partial charge in [0.25, 0.3) is 0 Å². The summed E-state index contributed by atoms with van der Waals surface area (Å²) in [6, 6.07) is 12.9. The average Bonchev–Trinajstić information content (AvgIpc) is 3.46. The van der Waals surface area contributed by atoms with Gasteiger partial charge < -0.3 is 4.74 Å². The fourth-order valence-corrected chi connectivity index (χ4v) is 10.3. The molecule has 4 rings (SSSR count). The van der Waals surface area contributed by atoms with Crippen LogP contribution in [-0.2, 0) is 24.3 Å². The molecule has 1 aliphatic rings. The maximum atomic E-state index is 13.6. The fourth-order valence-electron chi connectivity index (χ4n) is 4.66. The molecule has 0 amide bonds. The van der Waals surface area contributed by atoms with Gasteiger partial charge in [0.05, 0.1) is 21.8 Å². The van der Waals surface area contributed by atoms with Gasteiger partial charge in [0.15, 0.2) is 9.84 Å². The number of carbonyl (C=O) groups excluding carboxylic acids is 1. The Hall–Kier alpha value is -1.81. The molecule has 1 aromatic carbocycles. The zero-order chi connectivity index (χ0) is 24.6. The second-order valence-corrected chi connectivity index (χ2v) is 19.8. The summed E-state index contributed by atoms with van der Waals surface area (Å²) in [6.45, 7) is 8.18. The third-order valence-electron chi connectivity index (χ3n) is 6.35. The molecule has 0 saturated carbocycles. The lowest BCUT2D eigenvalue weighted by Crippen LogP contribution is -2.50. The smallest absolute Gasteiger partial charge is 0.304 e. The SMILES string of the molecule is CC(=O)O[C@@]1(c2ccc(-c3ccc(-c4cscn4)cc3)s2)C(CC[Si](C)(C)C)CCCS1(=O)=O. The van der Waals surface area contributed by atoms with E-state index in [1.807, 2.05) is 47.3 Å². The van der Waals surface area contributed by atoms with Gasteiger partial charge >= 0.3 is 5.97 Å². The Balaban J connectivity index is 1.74. The molecular weight excluding hydrogens is 503 g/mol. The van der Waals surface area contributed by atoms with Crippen molar-refractivity contribution in [1.82, 2.24) is 4.98 Å². The molecule has 1 saturated heterocycles. The van der Waals surface area contributed by atoms with E-state index < -0.39 is 28.8 Å². The highest BCUT2D eigenvalue weighted by molar-refractivity contribution is 7.92. The third kappa shape index (κ3) is 5.07. The van der Waals surface area contributed by atoms with Gasteiger partial charge in [-0.3, -0.25) is 4.79 Å². The molecule has 0 bridgehead atoms. The molecule has 0 spiro atoms. The van der Waals surface area contributed by atoms with E-state index in [4.69, 9.17) is 4.74 Å². The van der Waals surface area contributed by atoms with E-state index in [9.17, 15) is 13.2 Å². The van der Waals surface area contributed by atoms with Crippen LogP contribution in [0.3, 0.4) is 0 Å². The van der Waals surface area contributed by atoms with Crippen LogP contribution in [0.25, 0.3) is 21.7 Å². The second kappa shape index (κ2) is 9.68. The molecule has 2 aromatic heterocycles. The van der Waals surface area contributed by atoms with E-state index in [0.29, 0.717) is 11.3 Å². The van der Waals surface area contributed by atoms with Crippen LogP contribution in [0.5, 0.6) is 0 Å². The first-order chi connectivity index (χ1) is 16.0. The predicted octanol–water partition coefficient (Wildman–Crippen LogP) is 6.81. The molecular formula is C25H31NO4S3Si. The zero-order valence-corrected chi connectivity index (χ0v) is 23.5. The molecule has 2 atom stereocenters. The van der Waals surface area contributed by atoms with Crippen molar-refractivity contribution in [2.45, 2.75) is 56.8 Å². The van der Waals surface area contributed by atoms with Crippen molar-refractivity contribution in [1.29, 1.82) is 0 Å². The predicted molar refractivity (Wildman–Crippen MR) is 144 cm³/mol. The average molecular weight is 534 g/mol. The Morgan fingerprint density at radius 3 is 2.47 bits per heavy atom. The van der Waals surface area contributed by atoms with Gasteiger partial charge in [0.2, 0.25) is 4.93 Å². The fraction of sp³-hybridized carbons (Fsp3) is 0.440. The molecule has 9 heteroatoms. The summed E-state index contributed by atoms with van der Waals surface area (Å²) in [5, 5.41) is 2.01. The van der Waals surface area contributed by atoms with Crippen LogP contribution in [-0.4, -0.2) is 33.2 Å². The van der Waals surface area contributed by atoms with Crippen LogP contribution in [0, 0.1) is 5.92 Å². The van der Waals surface area contributed by atoms with E-state index in [0.717, 1.165) is 40.6 Å². The minimum atomic E-state index is -3.68. The number of thiazole rings is 1. The third-order valence-corrected chi connectivity index (χ3v) is 12.5. The first kappa shape index (κ1) is 25.3. The summed E-state index contributed by atoms with van der Waals surface area (Å²) >= 11 is 2.98. The van der Waals surface area contributed by atoms with Gasteiger partial charge in [-0.05, 0) is 37.0 Å². The number of hydrogen-bond donors (Lipinski definition) is 0. The van der Waals surface area contributed by atoms with Gasteiger partial charge in [-0.1, -0.05) is 50.0 Å². The van der Waals surface area contributed by atoms with Crippen LogP contribution in [0.15, 0.2) is 47.3 Å². The number of ether oxygens (including phenoxy) is 1. The summed E-state index contributed by atoms with van der Waals surface area (Å²) in [7, 11) is -5.08. The number of esters is 1. The van der Waals surface area contributed by atoms with Crippen LogP contribution in [0.1, 0.15) is 31.1 Å². The number of carbonyl (C=O) groups is 1. The monoisotopic (exact) mass is 533 g/mol. The topological polar surface area (TPSA) is 73.3 Å². The lowest BCUT2D eigenvalue weighted by atomic mass is 9.91. The quantitative estimate of drug-likeness (QED) is 0.246. The first-order valence-electron chi connectivity index (χ1n) is 11.5. The number of sulfone groups is 1. The van der Waals surface area contributed by atoms with Crippen molar-refractivity contribution in [3.05, 3.63) is 52.2 Å². The van der Waals surface area contributed by atoms with Crippen LogP contribution in [0.4, 0.5) is 0 Å². The van der Waals surface area contributed by atoms with Crippen LogP contribution in [0.2, 0.25) is 25.7 Å². The number of nitrogens with zero attached hydrogens (tertiary/aromatic N) is 1. The van der Waals surface area contributed by atoms with Gasteiger partial charge in [0, 0.05) is 36.7 Å². The first-order valence-corrected chi connectivity index (χ1v) is 18.6. The molecule has 1 fully saturated rings. The highest BCUT2D eigenvalue weighted by Gasteiger charge is 2.57. The standard InChI is InChI=1S/C25H31NO4S3Si/c1-18(27)30-25(21(13-15-34(2,3)4)6-5-14-33(25,28)29)24-12-11-23(32-24)20-9-7-19(8-10-20)22-16-31-17-26-22/h7-12,16-17,21H,5-6,13-15H2,1-4H3/t21?,25-/m0/s1.